The summed E-state index contributed by atoms with van der Waals surface area (Å²) in [6.07, 6.45) is 1.53. The highest BCUT2D eigenvalue weighted by molar-refractivity contribution is 5.70. The van der Waals surface area contributed by atoms with Gasteiger partial charge in [0, 0.05) is 18.8 Å². The molecule has 32 heavy (non-hydrogen) atoms. The second-order valence-corrected chi connectivity index (χ2v) is 7.73. The second kappa shape index (κ2) is 9.74. The first kappa shape index (κ1) is 21.7. The molecule has 0 spiro atoms. The molecule has 0 amide bonds. The van der Waals surface area contributed by atoms with Gasteiger partial charge in [0.15, 0.2) is 0 Å². The van der Waals surface area contributed by atoms with E-state index in [0.717, 1.165) is 23.1 Å². The number of benzene rings is 2. The highest BCUT2D eigenvalue weighted by Gasteiger charge is 2.27. The Morgan fingerprint density at radius 1 is 1.12 bits per heavy atom. The van der Waals surface area contributed by atoms with Crippen molar-refractivity contribution >= 4 is 17.5 Å². The van der Waals surface area contributed by atoms with E-state index < -0.39 is 24.0 Å². The molecule has 1 aliphatic rings. The van der Waals surface area contributed by atoms with E-state index in [0.29, 0.717) is 13.1 Å². The average molecular weight is 438 g/mol. The molecule has 4 rings (SSSR count). The number of halogens is 2. The molecule has 6 nitrogen and oxygen atoms in total. The van der Waals surface area contributed by atoms with Crippen molar-refractivity contribution in [1.82, 2.24) is 10.3 Å². The number of anilines is 2. The highest BCUT2D eigenvalue weighted by Crippen LogP contribution is 2.28. The number of carboxylic acid groups (broad SMARTS) is 1. The van der Waals surface area contributed by atoms with Crippen LogP contribution < -0.4 is 16.0 Å². The van der Waals surface area contributed by atoms with E-state index in [1.807, 2.05) is 42.5 Å². The zero-order chi connectivity index (χ0) is 22.5. The van der Waals surface area contributed by atoms with Gasteiger partial charge in [0.2, 0.25) is 0 Å². The SMILES string of the molecule is O=C(O)Cc1cc(CCN[C@H](c2ccccc2)[C@H]2CNc3cccnc3N2)c(F)cc1F. The summed E-state index contributed by atoms with van der Waals surface area (Å²) in [4.78, 5) is 15.3. The molecule has 3 aromatic rings. The van der Waals surface area contributed by atoms with Gasteiger partial charge in [-0.1, -0.05) is 30.3 Å². The molecular formula is C24H24F2N4O2. The molecule has 0 saturated heterocycles. The Hall–Kier alpha value is -3.52. The first-order valence-electron chi connectivity index (χ1n) is 10.4. The largest absolute Gasteiger partial charge is 0.481 e. The zero-order valence-corrected chi connectivity index (χ0v) is 17.3. The number of pyridine rings is 1. The number of carbonyl (C=O) groups is 1. The Balaban J connectivity index is 1.49. The van der Waals surface area contributed by atoms with Crippen LogP contribution in [0.3, 0.4) is 0 Å². The van der Waals surface area contributed by atoms with E-state index in [9.17, 15) is 13.6 Å². The Morgan fingerprint density at radius 2 is 1.91 bits per heavy atom. The molecule has 2 atom stereocenters. The maximum absolute atomic E-state index is 14.3. The quantitative estimate of drug-likeness (QED) is 0.429. The fourth-order valence-electron chi connectivity index (χ4n) is 3.96. The van der Waals surface area contributed by atoms with E-state index >= 15 is 0 Å². The zero-order valence-electron chi connectivity index (χ0n) is 17.3. The number of carboxylic acids is 1. The van der Waals surface area contributed by atoms with Gasteiger partial charge in [0.25, 0.3) is 0 Å². The first-order valence-corrected chi connectivity index (χ1v) is 10.4. The van der Waals surface area contributed by atoms with Crippen LogP contribution in [0.4, 0.5) is 20.3 Å². The third kappa shape index (κ3) is 5.03. The number of nitrogens with one attached hydrogen (secondary N) is 3. The van der Waals surface area contributed by atoms with Crippen molar-refractivity contribution in [2.24, 2.45) is 0 Å². The fraction of sp³-hybridized carbons (Fsp3) is 0.250. The van der Waals surface area contributed by atoms with Crippen LogP contribution in [-0.4, -0.2) is 35.2 Å². The lowest BCUT2D eigenvalue weighted by Crippen LogP contribution is -2.44. The van der Waals surface area contributed by atoms with Gasteiger partial charge in [0.1, 0.15) is 17.5 Å². The number of rotatable bonds is 8. The summed E-state index contributed by atoms with van der Waals surface area (Å²) in [6, 6.07) is 15.7. The summed E-state index contributed by atoms with van der Waals surface area (Å²) in [7, 11) is 0. The lowest BCUT2D eigenvalue weighted by Gasteiger charge is -2.34. The van der Waals surface area contributed by atoms with E-state index in [4.69, 9.17) is 5.11 Å². The molecule has 0 saturated carbocycles. The predicted octanol–water partition coefficient (Wildman–Crippen LogP) is 3.77. The van der Waals surface area contributed by atoms with Crippen LogP contribution in [0, 0.1) is 11.6 Å². The number of aliphatic carboxylic acids is 1. The topological polar surface area (TPSA) is 86.3 Å². The van der Waals surface area contributed by atoms with Gasteiger partial charge in [0.05, 0.1) is 24.2 Å². The molecule has 166 valence electrons. The number of nitrogens with zero attached hydrogens (tertiary/aromatic N) is 1. The van der Waals surface area contributed by atoms with Crippen molar-refractivity contribution in [1.29, 1.82) is 0 Å². The van der Waals surface area contributed by atoms with Crippen LogP contribution >= 0.6 is 0 Å². The summed E-state index contributed by atoms with van der Waals surface area (Å²) in [6.45, 7) is 1.08. The van der Waals surface area contributed by atoms with Gasteiger partial charge >= 0.3 is 5.97 Å². The van der Waals surface area contributed by atoms with Gasteiger partial charge in [-0.05, 0) is 47.9 Å². The summed E-state index contributed by atoms with van der Waals surface area (Å²) < 4.78 is 28.2. The van der Waals surface area contributed by atoms with Crippen LogP contribution in [0.25, 0.3) is 0 Å². The minimum Gasteiger partial charge on any atom is -0.481 e. The number of hydrogen-bond acceptors (Lipinski definition) is 5. The lowest BCUT2D eigenvalue weighted by molar-refractivity contribution is -0.136. The van der Waals surface area contributed by atoms with Crippen molar-refractivity contribution in [2.45, 2.75) is 24.9 Å². The van der Waals surface area contributed by atoms with Crippen LogP contribution in [0.1, 0.15) is 22.7 Å². The molecule has 8 heteroatoms. The van der Waals surface area contributed by atoms with Crippen molar-refractivity contribution in [3.63, 3.8) is 0 Å². The standard InChI is InChI=1S/C24H24F2N4O2/c25-18-13-19(26)17(12-22(31)32)11-16(18)8-10-27-23(15-5-2-1-3-6-15)21-14-29-20-7-4-9-28-24(20)30-21/h1-7,9,11,13,21,23,27,29H,8,10,12,14H2,(H,28,30)(H,31,32)/t21-,23-/m1/s1. The first-order chi connectivity index (χ1) is 15.5. The van der Waals surface area contributed by atoms with Crippen molar-refractivity contribution in [2.75, 3.05) is 23.7 Å². The summed E-state index contributed by atoms with van der Waals surface area (Å²) >= 11 is 0. The molecule has 0 aliphatic carbocycles. The van der Waals surface area contributed by atoms with E-state index in [1.165, 1.54) is 6.07 Å². The fourth-order valence-corrected chi connectivity index (χ4v) is 3.96. The predicted molar refractivity (Wildman–Crippen MR) is 119 cm³/mol. The molecule has 4 N–H and O–H groups in total. The second-order valence-electron chi connectivity index (χ2n) is 7.73. The van der Waals surface area contributed by atoms with Crippen molar-refractivity contribution < 1.29 is 18.7 Å². The highest BCUT2D eigenvalue weighted by atomic mass is 19.1. The van der Waals surface area contributed by atoms with Gasteiger partial charge in [-0.25, -0.2) is 13.8 Å². The maximum atomic E-state index is 14.3. The van der Waals surface area contributed by atoms with Crippen LogP contribution in [0.5, 0.6) is 0 Å². The summed E-state index contributed by atoms with van der Waals surface area (Å²) in [5.41, 5.74) is 2.27. The summed E-state index contributed by atoms with van der Waals surface area (Å²) in [5.74, 6) is -1.90. The molecule has 2 aromatic carbocycles. The Labute approximate surface area is 184 Å². The molecule has 1 aliphatic heterocycles. The minimum atomic E-state index is -1.16. The Bertz CT molecular complexity index is 1090. The minimum absolute atomic E-state index is 0.0135. The molecular weight excluding hydrogens is 414 g/mol. The molecule has 0 unspecified atom stereocenters. The van der Waals surface area contributed by atoms with Crippen molar-refractivity contribution in [3.05, 3.63) is 89.1 Å². The maximum Gasteiger partial charge on any atom is 0.307 e. The molecule has 0 radical (unpaired) electrons. The number of aromatic nitrogens is 1. The normalized spacial score (nSPS) is 15.9. The third-order valence-electron chi connectivity index (χ3n) is 5.52. The monoisotopic (exact) mass is 438 g/mol. The number of hydrogen-bond donors (Lipinski definition) is 4. The Kier molecular flexibility index (Phi) is 6.61. The smallest absolute Gasteiger partial charge is 0.307 e. The summed E-state index contributed by atoms with van der Waals surface area (Å²) in [5, 5.41) is 19.3. The van der Waals surface area contributed by atoms with Crippen LogP contribution in [0.15, 0.2) is 60.8 Å². The van der Waals surface area contributed by atoms with Gasteiger partial charge in [-0.15, -0.1) is 0 Å². The Morgan fingerprint density at radius 3 is 2.69 bits per heavy atom. The van der Waals surface area contributed by atoms with Crippen molar-refractivity contribution in [3.8, 4) is 0 Å². The molecule has 2 heterocycles. The molecule has 1 aromatic heterocycles. The van der Waals surface area contributed by atoms with Crippen LogP contribution in [-0.2, 0) is 17.6 Å². The van der Waals surface area contributed by atoms with E-state index in [2.05, 4.69) is 20.9 Å². The third-order valence-corrected chi connectivity index (χ3v) is 5.52. The average Bonchev–Trinajstić information content (AvgIpc) is 2.79. The lowest BCUT2D eigenvalue weighted by atomic mass is 9.97. The van der Waals surface area contributed by atoms with Crippen LogP contribution in [0.2, 0.25) is 0 Å². The number of fused-ring (bicyclic) bond motifs is 1. The molecule has 0 bridgehead atoms. The van der Waals surface area contributed by atoms with Gasteiger partial charge in [-0.3, -0.25) is 4.79 Å². The molecule has 0 fully saturated rings. The van der Waals surface area contributed by atoms with Gasteiger partial charge < -0.3 is 21.1 Å². The van der Waals surface area contributed by atoms with Gasteiger partial charge in [-0.2, -0.15) is 0 Å². The van der Waals surface area contributed by atoms with E-state index in [-0.39, 0.29) is 29.6 Å². The van der Waals surface area contributed by atoms with E-state index in [1.54, 1.807) is 6.20 Å².